The van der Waals surface area contributed by atoms with E-state index in [2.05, 4.69) is 13.8 Å². The molecule has 2 aliphatic rings. The molecule has 0 aliphatic carbocycles. The van der Waals surface area contributed by atoms with Crippen LogP contribution in [0.25, 0.3) is 6.08 Å². The van der Waals surface area contributed by atoms with Crippen molar-refractivity contribution in [3.8, 4) is 11.5 Å². The molecular formula is C21H26O6. The molecular weight excluding hydrogens is 348 g/mol. The monoisotopic (exact) mass is 374 g/mol. The summed E-state index contributed by atoms with van der Waals surface area (Å²) in [7, 11) is 3.11. The lowest BCUT2D eigenvalue weighted by atomic mass is 9.82. The van der Waals surface area contributed by atoms with Crippen molar-refractivity contribution in [1.82, 2.24) is 0 Å². The van der Waals surface area contributed by atoms with Gasteiger partial charge in [0, 0.05) is 25.0 Å². The van der Waals surface area contributed by atoms with Gasteiger partial charge in [-0.3, -0.25) is 0 Å². The fourth-order valence-corrected chi connectivity index (χ4v) is 3.82. The minimum atomic E-state index is -0.727. The van der Waals surface area contributed by atoms with E-state index < -0.39 is 17.9 Å². The number of hydrogen-bond donors (Lipinski definition) is 1. The van der Waals surface area contributed by atoms with Crippen LogP contribution in [0, 0.1) is 5.41 Å². The van der Waals surface area contributed by atoms with Crippen molar-refractivity contribution in [3.63, 3.8) is 0 Å². The topological polar surface area (TPSA) is 74.2 Å². The first-order chi connectivity index (χ1) is 12.7. The van der Waals surface area contributed by atoms with Crippen LogP contribution in [0.1, 0.15) is 32.8 Å². The van der Waals surface area contributed by atoms with E-state index in [0.717, 1.165) is 5.57 Å². The van der Waals surface area contributed by atoms with Crippen LogP contribution >= 0.6 is 0 Å². The van der Waals surface area contributed by atoms with Gasteiger partial charge in [-0.1, -0.05) is 19.9 Å². The summed E-state index contributed by atoms with van der Waals surface area (Å²) in [6.45, 7) is 6.11. The number of ether oxygens (including phenoxy) is 4. The number of methoxy groups -OCH3 is 2. The summed E-state index contributed by atoms with van der Waals surface area (Å²) in [5.74, 6) is -0.807. The van der Waals surface area contributed by atoms with Gasteiger partial charge >= 0.3 is 5.97 Å². The lowest BCUT2D eigenvalue weighted by molar-refractivity contribution is -0.212. The molecule has 3 unspecified atom stereocenters. The Morgan fingerprint density at radius 1 is 1.33 bits per heavy atom. The molecule has 3 atom stereocenters. The molecule has 3 rings (SSSR count). The highest BCUT2D eigenvalue weighted by Crippen LogP contribution is 2.52. The highest BCUT2D eigenvalue weighted by molar-refractivity contribution is 5.87. The van der Waals surface area contributed by atoms with E-state index in [1.54, 1.807) is 25.3 Å². The number of rotatable bonds is 5. The zero-order valence-electron chi connectivity index (χ0n) is 16.3. The number of phenols is 1. The summed E-state index contributed by atoms with van der Waals surface area (Å²) in [4.78, 5) is 12.3. The van der Waals surface area contributed by atoms with Crippen molar-refractivity contribution < 1.29 is 28.8 Å². The number of fused-ring (bicyclic) bond motifs is 2. The first kappa shape index (κ1) is 19.5. The standard InChI is InChI=1S/C21H26O6/c1-13-10-17(19-20(2,3)12-21(13,25-5)27-19)26-18(23)9-7-14-6-8-15(22)16(11-14)24-4/h6-11,17,19,22H,12H2,1-5H3. The predicted octanol–water partition coefficient (Wildman–Crippen LogP) is 3.44. The summed E-state index contributed by atoms with van der Waals surface area (Å²) in [5, 5.41) is 9.63. The minimum absolute atomic E-state index is 0.0438. The van der Waals surface area contributed by atoms with Crippen molar-refractivity contribution in [2.24, 2.45) is 5.41 Å². The lowest BCUT2D eigenvalue weighted by Crippen LogP contribution is -2.43. The van der Waals surface area contributed by atoms with E-state index in [0.29, 0.717) is 17.7 Å². The molecule has 0 radical (unpaired) electrons. The van der Waals surface area contributed by atoms with E-state index in [4.69, 9.17) is 18.9 Å². The number of phenolic OH excluding ortho intramolecular Hbond substituents is 1. The van der Waals surface area contributed by atoms with Gasteiger partial charge in [-0.05, 0) is 42.3 Å². The Balaban J connectivity index is 1.73. The average Bonchev–Trinajstić information content (AvgIpc) is 2.88. The minimum Gasteiger partial charge on any atom is -0.504 e. The Kier molecular flexibility index (Phi) is 5.06. The maximum absolute atomic E-state index is 12.3. The van der Waals surface area contributed by atoms with Crippen molar-refractivity contribution in [3.05, 3.63) is 41.5 Å². The Bertz CT molecular complexity index is 794. The van der Waals surface area contributed by atoms with Gasteiger partial charge in [0.25, 0.3) is 0 Å². The quantitative estimate of drug-likeness (QED) is 0.483. The van der Waals surface area contributed by atoms with Gasteiger partial charge in [0.15, 0.2) is 17.3 Å². The molecule has 2 heterocycles. The van der Waals surface area contributed by atoms with Crippen LogP contribution in [0.4, 0.5) is 0 Å². The molecule has 2 bridgehead atoms. The highest BCUT2D eigenvalue weighted by atomic mass is 16.7. The second-order valence-corrected chi connectivity index (χ2v) is 7.68. The fourth-order valence-electron chi connectivity index (χ4n) is 3.82. The molecule has 0 aromatic heterocycles. The van der Waals surface area contributed by atoms with Gasteiger partial charge < -0.3 is 24.1 Å². The van der Waals surface area contributed by atoms with Gasteiger partial charge in [0.2, 0.25) is 0 Å². The first-order valence-corrected chi connectivity index (χ1v) is 8.88. The van der Waals surface area contributed by atoms with Gasteiger partial charge in [0.05, 0.1) is 7.11 Å². The zero-order chi connectivity index (χ0) is 19.8. The summed E-state index contributed by atoms with van der Waals surface area (Å²) in [5.41, 5.74) is 1.44. The molecule has 0 saturated carbocycles. The van der Waals surface area contributed by atoms with Crippen LogP contribution in [0.5, 0.6) is 11.5 Å². The zero-order valence-corrected chi connectivity index (χ0v) is 16.3. The summed E-state index contributed by atoms with van der Waals surface area (Å²) < 4.78 is 22.5. The van der Waals surface area contributed by atoms with E-state index in [-0.39, 0.29) is 17.3 Å². The Labute approximate surface area is 159 Å². The van der Waals surface area contributed by atoms with Crippen LogP contribution < -0.4 is 4.74 Å². The van der Waals surface area contributed by atoms with Gasteiger partial charge in [0.1, 0.15) is 12.2 Å². The Morgan fingerprint density at radius 2 is 2.07 bits per heavy atom. The number of carbonyl (C=O) groups excluding carboxylic acids is 1. The molecule has 6 heteroatoms. The number of esters is 1. The number of carbonyl (C=O) groups is 1. The first-order valence-electron chi connectivity index (χ1n) is 8.88. The van der Waals surface area contributed by atoms with Gasteiger partial charge in [-0.2, -0.15) is 0 Å². The highest BCUT2D eigenvalue weighted by Gasteiger charge is 2.58. The number of aromatic hydroxyl groups is 1. The normalized spacial score (nSPS) is 28.9. The molecule has 1 aromatic carbocycles. The SMILES string of the molecule is COc1cc(C=CC(=O)OC2C=C(C)C3(OC)CC(C)(C)C2O3)ccc1O. The van der Waals surface area contributed by atoms with Crippen LogP contribution in [0.2, 0.25) is 0 Å². The molecule has 6 nitrogen and oxygen atoms in total. The summed E-state index contributed by atoms with van der Waals surface area (Å²) >= 11 is 0. The maximum Gasteiger partial charge on any atom is 0.331 e. The molecule has 1 fully saturated rings. The van der Waals surface area contributed by atoms with Crippen molar-refractivity contribution in [2.45, 2.75) is 45.2 Å². The molecule has 0 amide bonds. The lowest BCUT2D eigenvalue weighted by Gasteiger charge is -2.35. The molecule has 2 aliphatic heterocycles. The average molecular weight is 374 g/mol. The molecule has 0 spiro atoms. The van der Waals surface area contributed by atoms with Crippen LogP contribution in [0.3, 0.4) is 0 Å². The number of hydrogen-bond acceptors (Lipinski definition) is 6. The third kappa shape index (κ3) is 3.59. The summed E-state index contributed by atoms with van der Waals surface area (Å²) in [6, 6.07) is 4.83. The predicted molar refractivity (Wildman–Crippen MR) is 100 cm³/mol. The molecule has 146 valence electrons. The van der Waals surface area contributed by atoms with Crippen molar-refractivity contribution in [2.75, 3.05) is 14.2 Å². The van der Waals surface area contributed by atoms with E-state index in [1.165, 1.54) is 19.3 Å². The second kappa shape index (κ2) is 7.02. The fraction of sp³-hybridized carbons (Fsp3) is 0.476. The smallest absolute Gasteiger partial charge is 0.331 e. The molecule has 1 N–H and O–H groups in total. The van der Waals surface area contributed by atoms with E-state index >= 15 is 0 Å². The molecule has 1 aromatic rings. The molecule has 1 saturated heterocycles. The Morgan fingerprint density at radius 3 is 2.74 bits per heavy atom. The van der Waals surface area contributed by atoms with Gasteiger partial charge in [-0.15, -0.1) is 0 Å². The van der Waals surface area contributed by atoms with Crippen molar-refractivity contribution in [1.29, 1.82) is 0 Å². The van der Waals surface area contributed by atoms with Crippen LogP contribution in [-0.4, -0.2) is 43.3 Å². The summed E-state index contributed by atoms with van der Waals surface area (Å²) in [6.07, 6.45) is 4.85. The Hall–Kier alpha value is -2.31. The van der Waals surface area contributed by atoms with E-state index in [1.807, 2.05) is 13.0 Å². The third-order valence-electron chi connectivity index (χ3n) is 5.29. The van der Waals surface area contributed by atoms with E-state index in [9.17, 15) is 9.90 Å². The number of benzene rings is 1. The van der Waals surface area contributed by atoms with Gasteiger partial charge in [-0.25, -0.2) is 4.79 Å². The third-order valence-corrected chi connectivity index (χ3v) is 5.29. The van der Waals surface area contributed by atoms with Crippen LogP contribution in [-0.2, 0) is 19.0 Å². The van der Waals surface area contributed by atoms with Crippen LogP contribution in [0.15, 0.2) is 35.9 Å². The molecule has 27 heavy (non-hydrogen) atoms. The second-order valence-electron chi connectivity index (χ2n) is 7.68. The largest absolute Gasteiger partial charge is 0.504 e. The van der Waals surface area contributed by atoms with Crippen molar-refractivity contribution >= 4 is 12.0 Å². The maximum atomic E-state index is 12.3.